The molecule has 1 heterocycles. The van der Waals surface area contributed by atoms with E-state index in [0.717, 1.165) is 52.0 Å². The van der Waals surface area contributed by atoms with Crippen molar-refractivity contribution in [1.29, 1.82) is 0 Å². The largest absolute Gasteiger partial charge is 0.379 e. The Kier molecular flexibility index (Phi) is 4.90. The van der Waals surface area contributed by atoms with E-state index in [-0.39, 0.29) is 10.6 Å². The molecule has 0 bridgehead atoms. The van der Waals surface area contributed by atoms with Gasteiger partial charge in [-0.15, -0.1) is 0 Å². The zero-order valence-electron chi connectivity index (χ0n) is 12.7. The molecule has 1 N–H and O–H groups in total. The lowest BCUT2D eigenvalue weighted by Crippen LogP contribution is -2.46. The highest BCUT2D eigenvalue weighted by atomic mass is 16.6. The first-order valence-electron chi connectivity index (χ1n) is 8.06. The fourth-order valence-electron chi connectivity index (χ4n) is 3.50. The molecule has 0 radical (unpaired) electrons. The summed E-state index contributed by atoms with van der Waals surface area (Å²) < 4.78 is 5.41. The van der Waals surface area contributed by atoms with Crippen LogP contribution in [0.4, 0.5) is 11.4 Å². The smallest absolute Gasteiger partial charge is 0.292 e. The summed E-state index contributed by atoms with van der Waals surface area (Å²) in [6.45, 7) is 3.75. The minimum absolute atomic E-state index is 0.165. The highest BCUT2D eigenvalue weighted by molar-refractivity contribution is 5.61. The van der Waals surface area contributed by atoms with Gasteiger partial charge in [0.25, 0.3) is 5.69 Å². The Bertz CT molecular complexity index is 509. The van der Waals surface area contributed by atoms with Gasteiger partial charge in [-0.3, -0.25) is 15.0 Å². The number of rotatable bonds is 4. The minimum Gasteiger partial charge on any atom is -0.379 e. The van der Waals surface area contributed by atoms with Gasteiger partial charge in [0.1, 0.15) is 5.69 Å². The average molecular weight is 305 g/mol. The van der Waals surface area contributed by atoms with Crippen LogP contribution in [0.25, 0.3) is 0 Å². The van der Waals surface area contributed by atoms with Crippen molar-refractivity contribution in [3.8, 4) is 0 Å². The molecule has 0 aromatic heterocycles. The molecule has 3 rings (SSSR count). The molecule has 2 fully saturated rings. The SMILES string of the molecule is O=[N+]([O-])c1ccccc1NC1CCC(N2CCOCC2)CC1. The van der Waals surface area contributed by atoms with Crippen LogP contribution in [0.1, 0.15) is 25.7 Å². The van der Waals surface area contributed by atoms with E-state index in [2.05, 4.69) is 10.2 Å². The number of nitro benzene ring substituents is 1. The minimum atomic E-state index is -0.318. The first-order chi connectivity index (χ1) is 10.7. The van der Waals surface area contributed by atoms with Gasteiger partial charge in [-0.05, 0) is 31.7 Å². The maximum atomic E-state index is 11.1. The molecule has 1 aromatic rings. The third-order valence-electron chi connectivity index (χ3n) is 4.72. The van der Waals surface area contributed by atoms with Crippen molar-refractivity contribution >= 4 is 11.4 Å². The van der Waals surface area contributed by atoms with Gasteiger partial charge in [0.15, 0.2) is 0 Å². The molecular formula is C16H23N3O3. The Morgan fingerprint density at radius 2 is 1.82 bits per heavy atom. The first-order valence-corrected chi connectivity index (χ1v) is 8.06. The van der Waals surface area contributed by atoms with Crippen LogP contribution in [0, 0.1) is 10.1 Å². The molecule has 1 saturated heterocycles. The van der Waals surface area contributed by atoms with Crippen molar-refractivity contribution in [2.24, 2.45) is 0 Å². The van der Waals surface area contributed by atoms with Gasteiger partial charge in [0.05, 0.1) is 18.1 Å². The highest BCUT2D eigenvalue weighted by Crippen LogP contribution is 2.29. The van der Waals surface area contributed by atoms with E-state index in [9.17, 15) is 10.1 Å². The number of para-hydroxylation sites is 2. The van der Waals surface area contributed by atoms with Gasteiger partial charge in [0, 0.05) is 31.2 Å². The van der Waals surface area contributed by atoms with Crippen molar-refractivity contribution in [2.75, 3.05) is 31.6 Å². The standard InChI is InChI=1S/C16H23N3O3/c20-19(21)16-4-2-1-3-15(16)17-13-5-7-14(8-6-13)18-9-11-22-12-10-18/h1-4,13-14,17H,5-12H2. The Balaban J connectivity index is 1.55. The van der Waals surface area contributed by atoms with E-state index < -0.39 is 0 Å². The molecule has 1 saturated carbocycles. The van der Waals surface area contributed by atoms with Crippen LogP contribution in [0.2, 0.25) is 0 Å². The second-order valence-corrected chi connectivity index (χ2v) is 6.07. The van der Waals surface area contributed by atoms with E-state index >= 15 is 0 Å². The van der Waals surface area contributed by atoms with E-state index in [1.54, 1.807) is 18.2 Å². The summed E-state index contributed by atoms with van der Waals surface area (Å²) in [5, 5.41) is 14.4. The number of hydrogen-bond acceptors (Lipinski definition) is 5. The molecule has 1 aliphatic heterocycles. The Hall–Kier alpha value is -1.66. The van der Waals surface area contributed by atoms with E-state index in [0.29, 0.717) is 17.8 Å². The molecule has 6 nitrogen and oxygen atoms in total. The average Bonchev–Trinajstić information content (AvgIpc) is 2.57. The van der Waals surface area contributed by atoms with Gasteiger partial charge in [-0.25, -0.2) is 0 Å². The zero-order chi connectivity index (χ0) is 15.4. The summed E-state index contributed by atoms with van der Waals surface area (Å²) in [6.07, 6.45) is 4.43. The monoisotopic (exact) mass is 305 g/mol. The molecule has 6 heteroatoms. The summed E-state index contributed by atoms with van der Waals surface area (Å²) >= 11 is 0. The summed E-state index contributed by atoms with van der Waals surface area (Å²) in [7, 11) is 0. The number of nitro groups is 1. The fourth-order valence-corrected chi connectivity index (χ4v) is 3.50. The van der Waals surface area contributed by atoms with Crippen LogP contribution >= 0.6 is 0 Å². The molecule has 0 unspecified atom stereocenters. The lowest BCUT2D eigenvalue weighted by atomic mass is 9.89. The van der Waals surface area contributed by atoms with Gasteiger partial charge in [-0.2, -0.15) is 0 Å². The molecule has 0 spiro atoms. The highest BCUT2D eigenvalue weighted by Gasteiger charge is 2.27. The van der Waals surface area contributed by atoms with Crippen LogP contribution < -0.4 is 5.32 Å². The van der Waals surface area contributed by atoms with Crippen LogP contribution in [-0.2, 0) is 4.74 Å². The van der Waals surface area contributed by atoms with Crippen molar-refractivity contribution in [3.63, 3.8) is 0 Å². The maximum absolute atomic E-state index is 11.1. The Labute approximate surface area is 130 Å². The quantitative estimate of drug-likeness (QED) is 0.684. The normalized spacial score (nSPS) is 26.5. The predicted octanol–water partition coefficient (Wildman–Crippen LogP) is 2.65. The number of nitrogens with zero attached hydrogens (tertiary/aromatic N) is 2. The Morgan fingerprint density at radius 3 is 2.50 bits per heavy atom. The van der Waals surface area contributed by atoms with Crippen molar-refractivity contribution in [1.82, 2.24) is 4.90 Å². The second kappa shape index (κ2) is 7.07. The number of benzene rings is 1. The predicted molar refractivity (Wildman–Crippen MR) is 85.2 cm³/mol. The number of nitrogens with one attached hydrogen (secondary N) is 1. The fraction of sp³-hybridized carbons (Fsp3) is 0.625. The van der Waals surface area contributed by atoms with Gasteiger partial charge in [0.2, 0.25) is 0 Å². The lowest BCUT2D eigenvalue weighted by molar-refractivity contribution is -0.384. The molecule has 2 aliphatic rings. The lowest BCUT2D eigenvalue weighted by Gasteiger charge is -2.39. The third-order valence-corrected chi connectivity index (χ3v) is 4.72. The van der Waals surface area contributed by atoms with E-state index in [4.69, 9.17) is 4.74 Å². The van der Waals surface area contributed by atoms with Crippen molar-refractivity contribution in [2.45, 2.75) is 37.8 Å². The van der Waals surface area contributed by atoms with Crippen molar-refractivity contribution < 1.29 is 9.66 Å². The van der Waals surface area contributed by atoms with Gasteiger partial charge >= 0.3 is 0 Å². The third kappa shape index (κ3) is 3.56. The Morgan fingerprint density at radius 1 is 1.14 bits per heavy atom. The topological polar surface area (TPSA) is 67.6 Å². The number of anilines is 1. The molecule has 120 valence electrons. The number of hydrogen-bond donors (Lipinski definition) is 1. The molecule has 1 aliphatic carbocycles. The van der Waals surface area contributed by atoms with Crippen LogP contribution in [0.3, 0.4) is 0 Å². The van der Waals surface area contributed by atoms with Crippen molar-refractivity contribution in [3.05, 3.63) is 34.4 Å². The molecule has 0 amide bonds. The number of ether oxygens (including phenoxy) is 1. The number of morpholine rings is 1. The summed E-state index contributed by atoms with van der Waals surface area (Å²) in [5.41, 5.74) is 0.806. The molecule has 0 atom stereocenters. The summed E-state index contributed by atoms with van der Waals surface area (Å²) in [4.78, 5) is 13.3. The van der Waals surface area contributed by atoms with Gasteiger partial charge < -0.3 is 10.1 Å². The summed E-state index contributed by atoms with van der Waals surface area (Å²) in [6, 6.07) is 7.88. The van der Waals surface area contributed by atoms with Crippen LogP contribution in [0.5, 0.6) is 0 Å². The van der Waals surface area contributed by atoms with Gasteiger partial charge in [-0.1, -0.05) is 12.1 Å². The second-order valence-electron chi connectivity index (χ2n) is 6.07. The zero-order valence-corrected chi connectivity index (χ0v) is 12.7. The maximum Gasteiger partial charge on any atom is 0.292 e. The van der Waals surface area contributed by atoms with Crippen LogP contribution in [-0.4, -0.2) is 48.2 Å². The first kappa shape index (κ1) is 15.2. The summed E-state index contributed by atoms with van der Waals surface area (Å²) in [5.74, 6) is 0. The molecule has 22 heavy (non-hydrogen) atoms. The van der Waals surface area contributed by atoms with E-state index in [1.807, 2.05) is 6.07 Å². The van der Waals surface area contributed by atoms with E-state index in [1.165, 1.54) is 0 Å². The molecule has 1 aromatic carbocycles. The van der Waals surface area contributed by atoms with Crippen LogP contribution in [0.15, 0.2) is 24.3 Å². The molecular weight excluding hydrogens is 282 g/mol.